The molecule has 138 valence electrons. The molecule has 1 aromatic carbocycles. The molecule has 5 nitrogen and oxygen atoms in total. The highest BCUT2D eigenvalue weighted by molar-refractivity contribution is 5.79. The van der Waals surface area contributed by atoms with Gasteiger partial charge in [0.05, 0.1) is 12.2 Å². The van der Waals surface area contributed by atoms with Crippen LogP contribution in [0.15, 0.2) is 36.7 Å². The zero-order valence-electron chi connectivity index (χ0n) is 15.2. The zero-order valence-corrected chi connectivity index (χ0v) is 15.2. The Kier molecular flexibility index (Phi) is 4.53. The van der Waals surface area contributed by atoms with Gasteiger partial charge in [-0.05, 0) is 30.4 Å². The van der Waals surface area contributed by atoms with Gasteiger partial charge in [-0.3, -0.25) is 9.48 Å². The van der Waals surface area contributed by atoms with Gasteiger partial charge in [-0.2, -0.15) is 5.10 Å². The first-order valence-corrected chi connectivity index (χ1v) is 9.25. The third kappa shape index (κ3) is 3.14. The second-order valence-electron chi connectivity index (χ2n) is 7.66. The fraction of sp³-hybridized carbons (Fsp3) is 0.500. The molecule has 0 radical (unpaired) electrons. The predicted octanol–water partition coefficient (Wildman–Crippen LogP) is 2.61. The number of carbonyl (C=O) groups is 1. The summed E-state index contributed by atoms with van der Waals surface area (Å²) in [6.45, 7) is 0.796. The van der Waals surface area contributed by atoms with Crippen LogP contribution in [-0.2, 0) is 11.8 Å². The van der Waals surface area contributed by atoms with E-state index < -0.39 is 0 Å². The summed E-state index contributed by atoms with van der Waals surface area (Å²) < 4.78 is 15.7. The van der Waals surface area contributed by atoms with Crippen molar-refractivity contribution in [3.8, 4) is 0 Å². The Bertz CT molecular complexity index is 799. The molecule has 1 saturated carbocycles. The summed E-state index contributed by atoms with van der Waals surface area (Å²) in [5.41, 5.74) is 1.92. The Labute approximate surface area is 153 Å². The van der Waals surface area contributed by atoms with Crippen molar-refractivity contribution in [1.82, 2.24) is 20.0 Å². The second-order valence-corrected chi connectivity index (χ2v) is 7.66. The van der Waals surface area contributed by atoms with Gasteiger partial charge < -0.3 is 10.2 Å². The number of benzene rings is 1. The highest BCUT2D eigenvalue weighted by atomic mass is 19.1. The van der Waals surface area contributed by atoms with Gasteiger partial charge in [-0.1, -0.05) is 18.2 Å². The molecule has 4 rings (SSSR count). The molecule has 1 aromatic heterocycles. The molecule has 1 N–H and O–H groups in total. The molecule has 0 unspecified atom stereocenters. The molecule has 1 aliphatic carbocycles. The summed E-state index contributed by atoms with van der Waals surface area (Å²) in [6.07, 6.45) is 6.31. The van der Waals surface area contributed by atoms with Crippen LogP contribution in [0.3, 0.4) is 0 Å². The first kappa shape index (κ1) is 17.2. The lowest BCUT2D eigenvalue weighted by Crippen LogP contribution is -2.43. The molecule has 1 aliphatic heterocycles. The molecule has 2 aromatic rings. The fourth-order valence-electron chi connectivity index (χ4n) is 4.39. The maximum Gasteiger partial charge on any atom is 0.223 e. The maximum absolute atomic E-state index is 13.9. The van der Waals surface area contributed by atoms with Crippen molar-refractivity contribution in [2.75, 3.05) is 13.6 Å². The minimum atomic E-state index is -0.101. The van der Waals surface area contributed by atoms with Crippen LogP contribution in [-0.4, -0.2) is 40.2 Å². The Morgan fingerprint density at radius 2 is 2.04 bits per heavy atom. The summed E-state index contributed by atoms with van der Waals surface area (Å²) in [5, 5.41) is 7.85. The van der Waals surface area contributed by atoms with Gasteiger partial charge in [0.2, 0.25) is 5.91 Å². The number of likely N-dealkylation sites (tertiary alicyclic amines) is 1. The number of nitrogens with zero attached hydrogens (tertiary/aromatic N) is 3. The van der Waals surface area contributed by atoms with Crippen molar-refractivity contribution in [2.24, 2.45) is 13.0 Å². The molecular weight excluding hydrogens is 331 g/mol. The van der Waals surface area contributed by atoms with Crippen LogP contribution in [0.25, 0.3) is 0 Å². The van der Waals surface area contributed by atoms with E-state index in [0.29, 0.717) is 18.4 Å². The molecule has 2 aliphatic rings. The monoisotopic (exact) mass is 356 g/mol. The third-order valence-corrected chi connectivity index (χ3v) is 5.91. The number of carbonyl (C=O) groups excluding carboxylic acids is 1. The lowest BCUT2D eigenvalue weighted by Gasteiger charge is -2.37. The zero-order chi connectivity index (χ0) is 18.3. The summed E-state index contributed by atoms with van der Waals surface area (Å²) in [4.78, 5) is 14.0. The van der Waals surface area contributed by atoms with Crippen molar-refractivity contribution in [3.05, 3.63) is 53.6 Å². The van der Waals surface area contributed by atoms with Gasteiger partial charge in [0.1, 0.15) is 5.82 Å². The summed E-state index contributed by atoms with van der Waals surface area (Å²) in [6, 6.07) is 7.53. The SMILES string of the molecule is CN1C(=O)C[C@@H](CNC2CC(c3ccccc3F)C2)[C@@H]1c1cnn(C)c1. The number of aromatic nitrogens is 2. The first-order valence-electron chi connectivity index (χ1n) is 9.25. The van der Waals surface area contributed by atoms with Gasteiger partial charge in [-0.15, -0.1) is 0 Å². The molecule has 2 atom stereocenters. The molecule has 26 heavy (non-hydrogen) atoms. The van der Waals surface area contributed by atoms with Crippen molar-refractivity contribution in [1.29, 1.82) is 0 Å². The van der Waals surface area contributed by atoms with Crippen molar-refractivity contribution in [3.63, 3.8) is 0 Å². The number of rotatable bonds is 5. The van der Waals surface area contributed by atoms with Gasteiger partial charge in [0.15, 0.2) is 0 Å². The average Bonchev–Trinajstić information content (AvgIpc) is 3.11. The van der Waals surface area contributed by atoms with Crippen LogP contribution in [0.4, 0.5) is 4.39 Å². The molecule has 1 saturated heterocycles. The van der Waals surface area contributed by atoms with E-state index in [4.69, 9.17) is 0 Å². The number of hydrogen-bond acceptors (Lipinski definition) is 3. The van der Waals surface area contributed by atoms with Gasteiger partial charge >= 0.3 is 0 Å². The Balaban J connectivity index is 1.34. The number of hydrogen-bond donors (Lipinski definition) is 1. The van der Waals surface area contributed by atoms with Gasteiger partial charge in [0, 0.05) is 50.8 Å². The molecule has 0 bridgehead atoms. The van der Waals surface area contributed by atoms with E-state index >= 15 is 0 Å². The summed E-state index contributed by atoms with van der Waals surface area (Å²) in [7, 11) is 3.77. The number of aryl methyl sites for hydroxylation is 1. The van der Waals surface area contributed by atoms with E-state index in [1.807, 2.05) is 43.5 Å². The molecule has 6 heteroatoms. The number of amides is 1. The highest BCUT2D eigenvalue weighted by Gasteiger charge is 2.40. The minimum Gasteiger partial charge on any atom is -0.338 e. The van der Waals surface area contributed by atoms with E-state index in [0.717, 1.165) is 30.5 Å². The van der Waals surface area contributed by atoms with Crippen LogP contribution in [0.1, 0.15) is 42.3 Å². The average molecular weight is 356 g/mol. The lowest BCUT2D eigenvalue weighted by molar-refractivity contribution is -0.127. The van der Waals surface area contributed by atoms with Crippen molar-refractivity contribution < 1.29 is 9.18 Å². The molecule has 2 fully saturated rings. The second kappa shape index (κ2) is 6.83. The maximum atomic E-state index is 13.9. The Hall–Kier alpha value is -2.21. The Morgan fingerprint density at radius 1 is 1.27 bits per heavy atom. The van der Waals surface area contributed by atoms with Crippen LogP contribution in [0.2, 0.25) is 0 Å². The van der Waals surface area contributed by atoms with Crippen LogP contribution in [0, 0.1) is 11.7 Å². The number of nitrogens with one attached hydrogen (secondary N) is 1. The predicted molar refractivity (Wildman–Crippen MR) is 97.0 cm³/mol. The smallest absolute Gasteiger partial charge is 0.223 e. The Morgan fingerprint density at radius 3 is 2.73 bits per heavy atom. The highest BCUT2D eigenvalue weighted by Crippen LogP contribution is 2.40. The molecule has 1 amide bonds. The normalized spacial score (nSPS) is 28.4. The minimum absolute atomic E-state index is 0.0751. The van der Waals surface area contributed by atoms with Crippen molar-refractivity contribution in [2.45, 2.75) is 37.3 Å². The van der Waals surface area contributed by atoms with E-state index in [9.17, 15) is 9.18 Å². The molecular formula is C20H25FN4O. The third-order valence-electron chi connectivity index (χ3n) is 5.91. The van der Waals surface area contributed by atoms with Gasteiger partial charge in [-0.25, -0.2) is 4.39 Å². The molecule has 2 heterocycles. The van der Waals surface area contributed by atoms with Crippen LogP contribution in [0.5, 0.6) is 0 Å². The fourth-order valence-corrected chi connectivity index (χ4v) is 4.39. The van der Waals surface area contributed by atoms with Crippen LogP contribution < -0.4 is 5.32 Å². The largest absolute Gasteiger partial charge is 0.338 e. The van der Waals surface area contributed by atoms with E-state index in [2.05, 4.69) is 10.4 Å². The molecule has 0 spiro atoms. The standard InChI is InChI=1S/C20H25FN4O/c1-24-12-15(11-23-24)20-14(9-19(26)25(20)2)10-22-16-7-13(8-16)17-5-3-4-6-18(17)21/h3-6,11-14,16,20,22H,7-10H2,1-2H3/t13?,14-,16?,20+/m0/s1. The quantitative estimate of drug-likeness (QED) is 0.896. The first-order chi connectivity index (χ1) is 12.5. The summed E-state index contributed by atoms with van der Waals surface area (Å²) >= 11 is 0. The number of halogens is 1. The van der Waals surface area contributed by atoms with E-state index in [1.54, 1.807) is 10.7 Å². The van der Waals surface area contributed by atoms with Crippen LogP contribution >= 0.6 is 0 Å². The van der Waals surface area contributed by atoms with E-state index in [1.165, 1.54) is 6.07 Å². The van der Waals surface area contributed by atoms with Gasteiger partial charge in [0.25, 0.3) is 0 Å². The van der Waals surface area contributed by atoms with Crippen molar-refractivity contribution >= 4 is 5.91 Å². The topological polar surface area (TPSA) is 50.2 Å². The van der Waals surface area contributed by atoms with E-state index in [-0.39, 0.29) is 23.7 Å². The summed E-state index contributed by atoms with van der Waals surface area (Å²) in [5.74, 6) is 0.624. The lowest BCUT2D eigenvalue weighted by atomic mass is 9.75.